The van der Waals surface area contributed by atoms with Gasteiger partial charge in [0.05, 0.1) is 7.11 Å². The van der Waals surface area contributed by atoms with Gasteiger partial charge in [-0.3, -0.25) is 0 Å². The average molecular weight is 348 g/mol. The van der Waals surface area contributed by atoms with Crippen LogP contribution in [-0.2, 0) is 19.3 Å². The fraction of sp³-hybridized carbons (Fsp3) is 0.450. The number of hydrogen-bond donors (Lipinski definition) is 0. The fourth-order valence-corrected chi connectivity index (χ4v) is 3.82. The Bertz CT molecular complexity index is 758. The first-order valence-electron chi connectivity index (χ1n) is 8.55. The van der Waals surface area contributed by atoms with Crippen molar-refractivity contribution in [2.24, 2.45) is 5.92 Å². The number of methoxy groups -OCH3 is 1. The van der Waals surface area contributed by atoms with Gasteiger partial charge in [0.1, 0.15) is 5.75 Å². The number of hydrogen-bond acceptors (Lipinski definition) is 2. The molecule has 0 bridgehead atoms. The Balaban J connectivity index is 2.31. The molecule has 4 heteroatoms. The molecule has 0 saturated carbocycles. The van der Waals surface area contributed by atoms with Gasteiger partial charge >= 0.3 is 0 Å². The van der Waals surface area contributed by atoms with Crippen LogP contribution in [0.4, 0.5) is 4.39 Å². The Morgan fingerprint density at radius 1 is 1.29 bits per heavy atom. The lowest BCUT2D eigenvalue weighted by Gasteiger charge is -2.26. The van der Waals surface area contributed by atoms with Crippen molar-refractivity contribution in [3.8, 4) is 16.9 Å². The zero-order valence-electron chi connectivity index (χ0n) is 14.5. The molecule has 0 radical (unpaired) electrons. The van der Waals surface area contributed by atoms with Gasteiger partial charge in [-0.25, -0.2) is 9.37 Å². The molecule has 0 unspecified atom stereocenters. The van der Waals surface area contributed by atoms with E-state index in [1.807, 2.05) is 0 Å². The monoisotopic (exact) mass is 347 g/mol. The van der Waals surface area contributed by atoms with Crippen molar-refractivity contribution in [3.05, 3.63) is 46.0 Å². The summed E-state index contributed by atoms with van der Waals surface area (Å²) in [7, 11) is 1.65. The van der Waals surface area contributed by atoms with Crippen LogP contribution in [0.1, 0.15) is 43.4 Å². The topological polar surface area (TPSA) is 22.1 Å². The van der Waals surface area contributed by atoms with Crippen LogP contribution in [0.3, 0.4) is 0 Å². The molecule has 128 valence electrons. The summed E-state index contributed by atoms with van der Waals surface area (Å²) in [5.41, 5.74) is 5.25. The van der Waals surface area contributed by atoms with Crippen LogP contribution in [0, 0.1) is 11.7 Å². The first kappa shape index (κ1) is 17.2. The minimum Gasteiger partial charge on any atom is -0.496 e. The summed E-state index contributed by atoms with van der Waals surface area (Å²) in [5.74, 6) is 0.730. The van der Waals surface area contributed by atoms with Crippen LogP contribution >= 0.6 is 11.6 Å². The molecule has 3 rings (SSSR count). The van der Waals surface area contributed by atoms with Crippen molar-refractivity contribution in [3.63, 3.8) is 0 Å². The number of aryl methyl sites for hydroxylation is 1. The van der Waals surface area contributed by atoms with Gasteiger partial charge in [-0.1, -0.05) is 25.4 Å². The van der Waals surface area contributed by atoms with Gasteiger partial charge in [0.15, 0.2) is 11.0 Å². The van der Waals surface area contributed by atoms with E-state index in [4.69, 9.17) is 16.3 Å². The summed E-state index contributed by atoms with van der Waals surface area (Å²) in [5, 5.41) is -0.0947. The Kier molecular flexibility index (Phi) is 5.09. The maximum absolute atomic E-state index is 14.7. The highest BCUT2D eigenvalue weighted by Gasteiger charge is 2.24. The zero-order valence-corrected chi connectivity index (χ0v) is 15.2. The molecule has 0 spiro atoms. The smallest absolute Gasteiger partial charge is 0.168 e. The largest absolute Gasteiger partial charge is 0.496 e. The van der Waals surface area contributed by atoms with Gasteiger partial charge in [0, 0.05) is 17.3 Å². The van der Waals surface area contributed by atoms with E-state index in [1.165, 1.54) is 29.5 Å². The van der Waals surface area contributed by atoms with Crippen LogP contribution < -0.4 is 4.74 Å². The number of fused-ring (bicyclic) bond motifs is 1. The van der Waals surface area contributed by atoms with Crippen LogP contribution in [0.25, 0.3) is 11.1 Å². The molecule has 0 fully saturated rings. The molecule has 0 saturated heterocycles. The molecule has 0 N–H and O–H groups in total. The summed E-state index contributed by atoms with van der Waals surface area (Å²) in [6.07, 6.45) is 6.95. The molecule has 2 aromatic rings. The molecule has 0 aliphatic heterocycles. The molecule has 2 nitrogen and oxygen atoms in total. The molecule has 1 aliphatic carbocycles. The number of nitrogens with zero attached hydrogens (tertiary/aromatic N) is 1. The van der Waals surface area contributed by atoms with Crippen LogP contribution in [0.5, 0.6) is 5.75 Å². The highest BCUT2D eigenvalue weighted by molar-refractivity contribution is 6.29. The second kappa shape index (κ2) is 7.10. The number of ether oxygens (including phenoxy) is 1. The van der Waals surface area contributed by atoms with Crippen molar-refractivity contribution >= 4 is 11.6 Å². The third kappa shape index (κ3) is 3.14. The quantitative estimate of drug-likeness (QED) is 0.669. The second-order valence-electron chi connectivity index (χ2n) is 6.84. The first-order chi connectivity index (χ1) is 11.5. The molecular formula is C20H23ClFNO. The van der Waals surface area contributed by atoms with Crippen molar-refractivity contribution in [2.45, 2.75) is 46.0 Å². The van der Waals surface area contributed by atoms with E-state index in [0.29, 0.717) is 11.5 Å². The Morgan fingerprint density at radius 3 is 2.75 bits per heavy atom. The number of halogens is 2. The van der Waals surface area contributed by atoms with Crippen molar-refractivity contribution in [1.82, 2.24) is 4.98 Å². The molecule has 1 aromatic carbocycles. The van der Waals surface area contributed by atoms with Gasteiger partial charge in [-0.05, 0) is 66.8 Å². The summed E-state index contributed by atoms with van der Waals surface area (Å²) in [6, 6.07) is 3.78. The summed E-state index contributed by atoms with van der Waals surface area (Å²) >= 11 is 5.93. The van der Waals surface area contributed by atoms with E-state index in [9.17, 15) is 4.39 Å². The maximum Gasteiger partial charge on any atom is 0.168 e. The van der Waals surface area contributed by atoms with Gasteiger partial charge in [-0.2, -0.15) is 0 Å². The Labute approximate surface area is 148 Å². The van der Waals surface area contributed by atoms with Crippen LogP contribution in [0.2, 0.25) is 5.15 Å². The number of aromatic nitrogens is 1. The summed E-state index contributed by atoms with van der Waals surface area (Å²) in [4.78, 5) is 3.85. The minimum absolute atomic E-state index is 0.0947. The number of rotatable bonds is 4. The molecule has 0 atom stereocenters. The van der Waals surface area contributed by atoms with Crippen LogP contribution in [-0.4, -0.2) is 12.1 Å². The molecule has 1 aromatic heterocycles. The number of benzene rings is 1. The van der Waals surface area contributed by atoms with E-state index in [2.05, 4.69) is 24.9 Å². The van der Waals surface area contributed by atoms with Crippen LogP contribution in [0.15, 0.2) is 18.3 Å². The third-order valence-corrected chi connectivity index (χ3v) is 4.94. The standard InChI is InChI=1S/C20H23ClFNO/c1-12(2)10-16-14-7-5-4-6-13(14)11-17(24-3)18(16)15-8-9-23-20(21)19(15)22/h8-9,11-12H,4-7,10H2,1-3H3. The van der Waals surface area contributed by atoms with E-state index in [1.54, 1.807) is 19.4 Å². The van der Waals surface area contributed by atoms with E-state index >= 15 is 0 Å². The molecular weight excluding hydrogens is 325 g/mol. The predicted molar refractivity (Wildman–Crippen MR) is 96.4 cm³/mol. The molecule has 24 heavy (non-hydrogen) atoms. The first-order valence-corrected chi connectivity index (χ1v) is 8.92. The lowest BCUT2D eigenvalue weighted by molar-refractivity contribution is 0.414. The third-order valence-electron chi connectivity index (χ3n) is 4.68. The average Bonchev–Trinajstić information content (AvgIpc) is 2.57. The van der Waals surface area contributed by atoms with Crippen molar-refractivity contribution in [2.75, 3.05) is 7.11 Å². The Morgan fingerprint density at radius 2 is 2.04 bits per heavy atom. The maximum atomic E-state index is 14.7. The van der Waals surface area contributed by atoms with Gasteiger partial charge in [0.25, 0.3) is 0 Å². The number of pyridine rings is 1. The second-order valence-corrected chi connectivity index (χ2v) is 7.20. The predicted octanol–water partition coefficient (Wildman–Crippen LogP) is 5.63. The van der Waals surface area contributed by atoms with E-state index in [-0.39, 0.29) is 5.15 Å². The SMILES string of the molecule is COc1cc2c(c(CC(C)C)c1-c1ccnc(Cl)c1F)CCCC2. The highest BCUT2D eigenvalue weighted by Crippen LogP contribution is 2.42. The molecule has 1 aliphatic rings. The Hall–Kier alpha value is -1.61. The van der Waals surface area contributed by atoms with E-state index < -0.39 is 5.82 Å². The van der Waals surface area contributed by atoms with Gasteiger partial charge in [0.2, 0.25) is 0 Å². The van der Waals surface area contributed by atoms with Gasteiger partial charge in [-0.15, -0.1) is 0 Å². The minimum atomic E-state index is -0.474. The highest BCUT2D eigenvalue weighted by atomic mass is 35.5. The van der Waals surface area contributed by atoms with Crippen molar-refractivity contribution < 1.29 is 9.13 Å². The van der Waals surface area contributed by atoms with Crippen molar-refractivity contribution in [1.29, 1.82) is 0 Å². The fourth-order valence-electron chi connectivity index (χ4n) is 3.66. The molecule has 1 heterocycles. The summed E-state index contributed by atoms with van der Waals surface area (Å²) < 4.78 is 20.4. The summed E-state index contributed by atoms with van der Waals surface area (Å²) in [6.45, 7) is 4.38. The normalized spacial score (nSPS) is 13.9. The van der Waals surface area contributed by atoms with E-state index in [0.717, 1.165) is 30.6 Å². The lowest BCUT2D eigenvalue weighted by Crippen LogP contribution is -2.12. The zero-order chi connectivity index (χ0) is 17.3. The molecule has 0 amide bonds. The lowest BCUT2D eigenvalue weighted by atomic mass is 9.81. The van der Waals surface area contributed by atoms with Gasteiger partial charge < -0.3 is 4.74 Å².